The lowest BCUT2D eigenvalue weighted by Crippen LogP contribution is -2.55. The second-order valence-corrected chi connectivity index (χ2v) is 6.32. The standard InChI is InChI=1S/C15H24N6/c1-9-7-20-6-4-5-12(20)8-21(9)15-13(14(16)17)10(2)11(3)18-19-15/h9,12H,4-8H2,1-3H3,(H3,16,17). The van der Waals surface area contributed by atoms with E-state index in [4.69, 9.17) is 11.1 Å². The molecule has 3 heterocycles. The molecule has 2 saturated heterocycles. The zero-order chi connectivity index (χ0) is 15.1. The Hall–Kier alpha value is -1.69. The van der Waals surface area contributed by atoms with E-state index >= 15 is 0 Å². The lowest BCUT2D eigenvalue weighted by Gasteiger charge is -2.43. The van der Waals surface area contributed by atoms with Crippen LogP contribution in [0.4, 0.5) is 5.82 Å². The lowest BCUT2D eigenvalue weighted by atomic mass is 10.0. The van der Waals surface area contributed by atoms with Crippen molar-refractivity contribution in [1.82, 2.24) is 15.1 Å². The largest absolute Gasteiger partial charge is 0.384 e. The maximum atomic E-state index is 7.92. The van der Waals surface area contributed by atoms with Crippen LogP contribution in [0.15, 0.2) is 0 Å². The predicted octanol–water partition coefficient (Wildman–Crippen LogP) is 1.05. The van der Waals surface area contributed by atoms with Gasteiger partial charge in [-0.15, -0.1) is 5.10 Å². The summed E-state index contributed by atoms with van der Waals surface area (Å²) >= 11 is 0. The molecule has 3 rings (SSSR count). The van der Waals surface area contributed by atoms with Gasteiger partial charge in [0, 0.05) is 25.2 Å². The molecule has 2 aliphatic heterocycles. The molecule has 0 bridgehead atoms. The van der Waals surface area contributed by atoms with E-state index in [9.17, 15) is 0 Å². The molecule has 2 atom stereocenters. The summed E-state index contributed by atoms with van der Waals surface area (Å²) in [5, 5.41) is 16.6. The van der Waals surface area contributed by atoms with Gasteiger partial charge in [-0.3, -0.25) is 10.3 Å². The molecule has 1 aromatic heterocycles. The number of hydrogen-bond donors (Lipinski definition) is 2. The van der Waals surface area contributed by atoms with Gasteiger partial charge in [-0.2, -0.15) is 5.10 Å². The molecular formula is C15H24N6. The molecule has 0 saturated carbocycles. The van der Waals surface area contributed by atoms with Crippen molar-refractivity contribution in [2.45, 2.75) is 45.7 Å². The number of anilines is 1. The number of hydrogen-bond acceptors (Lipinski definition) is 5. The third kappa shape index (κ3) is 2.37. The first-order chi connectivity index (χ1) is 9.99. The summed E-state index contributed by atoms with van der Waals surface area (Å²) in [7, 11) is 0. The summed E-state index contributed by atoms with van der Waals surface area (Å²) in [5.41, 5.74) is 8.38. The van der Waals surface area contributed by atoms with Crippen molar-refractivity contribution >= 4 is 11.7 Å². The molecule has 2 aliphatic rings. The summed E-state index contributed by atoms with van der Waals surface area (Å²) < 4.78 is 0. The highest BCUT2D eigenvalue weighted by atomic mass is 15.4. The zero-order valence-corrected chi connectivity index (χ0v) is 13.1. The van der Waals surface area contributed by atoms with Gasteiger partial charge in [0.15, 0.2) is 5.82 Å². The normalized spacial score (nSPS) is 26.0. The van der Waals surface area contributed by atoms with Crippen molar-refractivity contribution in [1.29, 1.82) is 5.41 Å². The van der Waals surface area contributed by atoms with Crippen LogP contribution >= 0.6 is 0 Å². The third-order valence-electron chi connectivity index (χ3n) is 4.91. The van der Waals surface area contributed by atoms with Crippen molar-refractivity contribution in [3.8, 4) is 0 Å². The maximum Gasteiger partial charge on any atom is 0.162 e. The summed E-state index contributed by atoms with van der Waals surface area (Å²) in [6.45, 7) is 9.32. The number of piperazine rings is 1. The number of amidine groups is 1. The molecule has 0 spiro atoms. The Kier molecular flexibility index (Phi) is 3.57. The van der Waals surface area contributed by atoms with Gasteiger partial charge in [0.1, 0.15) is 5.84 Å². The van der Waals surface area contributed by atoms with E-state index in [0.717, 1.165) is 35.7 Å². The molecule has 2 unspecified atom stereocenters. The molecule has 0 radical (unpaired) electrons. The van der Waals surface area contributed by atoms with Crippen molar-refractivity contribution in [2.24, 2.45) is 5.73 Å². The van der Waals surface area contributed by atoms with Gasteiger partial charge >= 0.3 is 0 Å². The topological polar surface area (TPSA) is 82.1 Å². The first-order valence-corrected chi connectivity index (χ1v) is 7.68. The van der Waals surface area contributed by atoms with Crippen LogP contribution in [-0.4, -0.2) is 52.7 Å². The second kappa shape index (κ2) is 5.26. The van der Waals surface area contributed by atoms with Crippen LogP contribution in [-0.2, 0) is 0 Å². The average Bonchev–Trinajstić information content (AvgIpc) is 2.87. The number of aryl methyl sites for hydroxylation is 1. The molecule has 3 N–H and O–H groups in total. The Morgan fingerprint density at radius 3 is 2.76 bits per heavy atom. The van der Waals surface area contributed by atoms with Crippen LogP contribution in [0.3, 0.4) is 0 Å². The molecule has 1 aromatic rings. The highest BCUT2D eigenvalue weighted by Crippen LogP contribution is 2.30. The van der Waals surface area contributed by atoms with E-state index in [1.807, 2.05) is 13.8 Å². The number of aromatic nitrogens is 2. The zero-order valence-electron chi connectivity index (χ0n) is 13.1. The van der Waals surface area contributed by atoms with E-state index in [1.54, 1.807) is 0 Å². The number of nitrogens with one attached hydrogen (secondary N) is 1. The second-order valence-electron chi connectivity index (χ2n) is 6.32. The van der Waals surface area contributed by atoms with Crippen LogP contribution < -0.4 is 10.6 Å². The minimum absolute atomic E-state index is 0.0848. The Bertz CT molecular complexity index is 570. The van der Waals surface area contributed by atoms with Gasteiger partial charge in [-0.05, 0) is 45.7 Å². The predicted molar refractivity (Wildman–Crippen MR) is 83.9 cm³/mol. The number of rotatable bonds is 2. The average molecular weight is 288 g/mol. The van der Waals surface area contributed by atoms with E-state index in [2.05, 4.69) is 26.9 Å². The number of nitrogen functional groups attached to an aromatic ring is 1. The van der Waals surface area contributed by atoms with Crippen LogP contribution in [0.1, 0.15) is 36.6 Å². The van der Waals surface area contributed by atoms with Gasteiger partial charge in [0.25, 0.3) is 0 Å². The van der Waals surface area contributed by atoms with Crippen molar-refractivity contribution < 1.29 is 0 Å². The molecular weight excluding hydrogens is 264 g/mol. The molecule has 0 aromatic carbocycles. The Morgan fingerprint density at radius 2 is 2.05 bits per heavy atom. The molecule has 6 heteroatoms. The lowest BCUT2D eigenvalue weighted by molar-refractivity contribution is 0.202. The summed E-state index contributed by atoms with van der Waals surface area (Å²) in [6.07, 6.45) is 2.53. The SMILES string of the molecule is Cc1nnc(N2CC3CCCN3CC2C)c(C(=N)N)c1C. The summed E-state index contributed by atoms with van der Waals surface area (Å²) in [6, 6.07) is 0.971. The van der Waals surface area contributed by atoms with E-state index in [-0.39, 0.29) is 5.84 Å². The van der Waals surface area contributed by atoms with Crippen LogP contribution in [0, 0.1) is 19.3 Å². The van der Waals surface area contributed by atoms with Gasteiger partial charge in [0.2, 0.25) is 0 Å². The van der Waals surface area contributed by atoms with Crippen LogP contribution in [0.5, 0.6) is 0 Å². The minimum Gasteiger partial charge on any atom is -0.384 e. The number of nitrogens with zero attached hydrogens (tertiary/aromatic N) is 4. The van der Waals surface area contributed by atoms with Crippen molar-refractivity contribution in [3.05, 3.63) is 16.8 Å². The van der Waals surface area contributed by atoms with Crippen molar-refractivity contribution in [3.63, 3.8) is 0 Å². The fourth-order valence-corrected chi connectivity index (χ4v) is 3.60. The number of fused-ring (bicyclic) bond motifs is 1. The van der Waals surface area contributed by atoms with Crippen molar-refractivity contribution in [2.75, 3.05) is 24.5 Å². The van der Waals surface area contributed by atoms with Crippen LogP contribution in [0.2, 0.25) is 0 Å². The third-order valence-corrected chi connectivity index (χ3v) is 4.91. The summed E-state index contributed by atoms with van der Waals surface area (Å²) in [4.78, 5) is 4.87. The first kappa shape index (κ1) is 14.3. The molecule has 0 amide bonds. The Balaban J connectivity index is 1.99. The molecule has 2 fully saturated rings. The smallest absolute Gasteiger partial charge is 0.162 e. The number of nitrogens with two attached hydrogens (primary N) is 1. The molecule has 6 nitrogen and oxygen atoms in total. The van der Waals surface area contributed by atoms with Gasteiger partial charge in [-0.1, -0.05) is 0 Å². The van der Waals surface area contributed by atoms with Gasteiger partial charge in [-0.25, -0.2) is 0 Å². The van der Waals surface area contributed by atoms with E-state index < -0.39 is 0 Å². The highest BCUT2D eigenvalue weighted by Gasteiger charge is 2.36. The summed E-state index contributed by atoms with van der Waals surface area (Å²) in [5.74, 6) is 0.867. The molecule has 0 aliphatic carbocycles. The van der Waals surface area contributed by atoms with E-state index in [1.165, 1.54) is 19.4 Å². The molecule has 114 valence electrons. The van der Waals surface area contributed by atoms with Crippen LogP contribution in [0.25, 0.3) is 0 Å². The molecule has 21 heavy (non-hydrogen) atoms. The van der Waals surface area contributed by atoms with E-state index in [0.29, 0.717) is 12.1 Å². The highest BCUT2D eigenvalue weighted by molar-refractivity contribution is 6.01. The fraction of sp³-hybridized carbons (Fsp3) is 0.667. The monoisotopic (exact) mass is 288 g/mol. The van der Waals surface area contributed by atoms with Gasteiger partial charge in [0.05, 0.1) is 11.3 Å². The fourth-order valence-electron chi connectivity index (χ4n) is 3.60. The minimum atomic E-state index is 0.0848. The quantitative estimate of drug-likeness (QED) is 0.628. The Labute approximate surface area is 125 Å². The van der Waals surface area contributed by atoms with Gasteiger partial charge < -0.3 is 10.6 Å². The Morgan fingerprint density at radius 1 is 1.29 bits per heavy atom. The first-order valence-electron chi connectivity index (χ1n) is 7.68. The maximum absolute atomic E-state index is 7.92.